The molecule has 2 atom stereocenters. The lowest BCUT2D eigenvalue weighted by molar-refractivity contribution is -0.141. The predicted molar refractivity (Wildman–Crippen MR) is 75.1 cm³/mol. The monoisotopic (exact) mass is 342 g/mol. The first kappa shape index (κ1) is 14.8. The molecule has 2 rings (SSSR count). The van der Waals surface area contributed by atoms with Crippen LogP contribution < -0.4 is 5.32 Å². The van der Waals surface area contributed by atoms with Crippen LogP contribution in [-0.2, 0) is 11.3 Å². The molecule has 1 aliphatic rings. The summed E-state index contributed by atoms with van der Waals surface area (Å²) in [4.78, 5) is 24.2. The zero-order valence-corrected chi connectivity index (χ0v) is 12.2. The lowest BCUT2D eigenvalue weighted by Crippen LogP contribution is -2.45. The summed E-state index contributed by atoms with van der Waals surface area (Å²) in [6.45, 7) is 0.355. The topological polar surface area (TPSA) is 89.9 Å². The molecule has 0 radical (unpaired) electrons. The van der Waals surface area contributed by atoms with Gasteiger partial charge in [-0.05, 0) is 17.7 Å². The molecule has 0 spiro atoms. The maximum absolute atomic E-state index is 12.0. The molecule has 0 saturated carbocycles. The molecule has 6 nitrogen and oxygen atoms in total. The number of aliphatic hydroxyl groups excluding tert-OH is 1. The first-order valence-corrected chi connectivity index (χ1v) is 6.96. The Bertz CT molecular complexity index is 506. The summed E-state index contributed by atoms with van der Waals surface area (Å²) in [5, 5.41) is 21.2. The van der Waals surface area contributed by atoms with Gasteiger partial charge in [0, 0.05) is 24.0 Å². The van der Waals surface area contributed by atoms with Crippen molar-refractivity contribution < 1.29 is 19.8 Å². The molecular weight excluding hydrogens is 328 g/mol. The normalized spacial score (nSPS) is 21.8. The lowest BCUT2D eigenvalue weighted by Gasteiger charge is -2.21. The predicted octanol–water partition coefficient (Wildman–Crippen LogP) is 1.18. The van der Waals surface area contributed by atoms with Crippen LogP contribution in [0.15, 0.2) is 28.7 Å². The number of likely N-dealkylation sites (tertiary alicyclic amines) is 1. The van der Waals surface area contributed by atoms with Crippen molar-refractivity contribution >= 4 is 27.9 Å². The number of nitrogens with zero attached hydrogens (tertiary/aromatic N) is 1. The number of hydrogen-bond donors (Lipinski definition) is 3. The third-order valence-electron chi connectivity index (χ3n) is 3.18. The van der Waals surface area contributed by atoms with Gasteiger partial charge in [0.05, 0.1) is 6.10 Å². The van der Waals surface area contributed by atoms with E-state index in [1.807, 2.05) is 24.3 Å². The molecule has 108 valence electrons. The van der Waals surface area contributed by atoms with Gasteiger partial charge in [0.1, 0.15) is 6.04 Å². The summed E-state index contributed by atoms with van der Waals surface area (Å²) in [7, 11) is 0. The average Bonchev–Trinajstić information content (AvgIpc) is 2.80. The Morgan fingerprint density at radius 3 is 2.60 bits per heavy atom. The number of hydrogen-bond acceptors (Lipinski definition) is 3. The zero-order chi connectivity index (χ0) is 14.7. The Hall–Kier alpha value is -1.60. The van der Waals surface area contributed by atoms with Crippen LogP contribution in [0.1, 0.15) is 12.0 Å². The van der Waals surface area contributed by atoms with E-state index in [1.165, 1.54) is 0 Å². The number of amides is 2. The van der Waals surface area contributed by atoms with Crippen LogP contribution in [0.4, 0.5) is 4.79 Å². The highest BCUT2D eigenvalue weighted by Crippen LogP contribution is 2.18. The Kier molecular flexibility index (Phi) is 4.61. The summed E-state index contributed by atoms with van der Waals surface area (Å²) >= 11 is 3.32. The van der Waals surface area contributed by atoms with Gasteiger partial charge < -0.3 is 20.4 Å². The van der Waals surface area contributed by atoms with Gasteiger partial charge >= 0.3 is 12.0 Å². The third-order valence-corrected chi connectivity index (χ3v) is 3.71. The molecule has 1 aromatic carbocycles. The summed E-state index contributed by atoms with van der Waals surface area (Å²) in [6.07, 6.45) is -0.712. The largest absolute Gasteiger partial charge is 0.480 e. The maximum atomic E-state index is 12.0. The fourth-order valence-corrected chi connectivity index (χ4v) is 2.42. The fourth-order valence-electron chi connectivity index (χ4n) is 2.15. The molecule has 1 saturated heterocycles. The number of carboxylic acid groups (broad SMARTS) is 1. The van der Waals surface area contributed by atoms with Crippen LogP contribution in [0.2, 0.25) is 0 Å². The van der Waals surface area contributed by atoms with Crippen molar-refractivity contribution in [1.29, 1.82) is 0 Å². The minimum Gasteiger partial charge on any atom is -0.480 e. The number of rotatable bonds is 3. The zero-order valence-electron chi connectivity index (χ0n) is 10.6. The number of halogens is 1. The SMILES string of the molecule is O=C(O)[C@@H]1C[C@@H](O)CN1C(=O)NCc1ccc(Br)cc1. The van der Waals surface area contributed by atoms with E-state index in [9.17, 15) is 14.7 Å². The molecule has 3 N–H and O–H groups in total. The molecule has 20 heavy (non-hydrogen) atoms. The summed E-state index contributed by atoms with van der Waals surface area (Å²) in [6, 6.07) is 6.00. The number of β-amino-alcohol motifs (C(OH)–C–C–N with tert-alkyl or cyclic N) is 1. The van der Waals surface area contributed by atoms with Gasteiger partial charge in [-0.3, -0.25) is 0 Å². The minimum absolute atomic E-state index is 0.0448. The first-order chi connectivity index (χ1) is 9.47. The fraction of sp³-hybridized carbons (Fsp3) is 0.385. The molecule has 1 aromatic rings. The van der Waals surface area contributed by atoms with Gasteiger partial charge in [-0.15, -0.1) is 0 Å². The van der Waals surface area contributed by atoms with Gasteiger partial charge in [0.2, 0.25) is 0 Å². The molecule has 1 heterocycles. The summed E-state index contributed by atoms with van der Waals surface area (Å²) in [5.41, 5.74) is 0.910. The van der Waals surface area contributed by atoms with Crippen molar-refractivity contribution in [3.63, 3.8) is 0 Å². The minimum atomic E-state index is -1.10. The van der Waals surface area contributed by atoms with Gasteiger partial charge in [-0.1, -0.05) is 28.1 Å². The van der Waals surface area contributed by atoms with Crippen LogP contribution in [-0.4, -0.2) is 45.8 Å². The standard InChI is InChI=1S/C13H15BrN2O4/c14-9-3-1-8(2-4-9)6-15-13(20)16-7-10(17)5-11(16)12(18)19/h1-4,10-11,17H,5-7H2,(H,15,20)(H,18,19)/t10-,11+/m1/s1. The highest BCUT2D eigenvalue weighted by Gasteiger charge is 2.38. The van der Waals surface area contributed by atoms with Crippen molar-refractivity contribution in [2.45, 2.75) is 25.1 Å². The molecule has 0 bridgehead atoms. The van der Waals surface area contributed by atoms with E-state index in [1.54, 1.807) is 0 Å². The Labute approximate surface area is 124 Å². The molecule has 7 heteroatoms. The number of carbonyl (C=O) groups excluding carboxylic acids is 1. The molecule has 1 fully saturated rings. The second kappa shape index (κ2) is 6.23. The van der Waals surface area contributed by atoms with Gasteiger partial charge in [0.15, 0.2) is 0 Å². The summed E-state index contributed by atoms with van der Waals surface area (Å²) < 4.78 is 0.946. The number of nitrogens with one attached hydrogen (secondary N) is 1. The van der Waals surface area contributed by atoms with E-state index in [2.05, 4.69) is 21.2 Å². The first-order valence-electron chi connectivity index (χ1n) is 6.17. The molecule has 1 aliphatic heterocycles. The van der Waals surface area contributed by atoms with Crippen molar-refractivity contribution in [3.05, 3.63) is 34.3 Å². The number of aliphatic hydroxyl groups is 1. The van der Waals surface area contributed by atoms with Crippen LogP contribution >= 0.6 is 15.9 Å². The molecular formula is C13H15BrN2O4. The Morgan fingerprint density at radius 2 is 2.00 bits per heavy atom. The second-order valence-electron chi connectivity index (χ2n) is 4.68. The number of benzene rings is 1. The molecule has 0 aliphatic carbocycles. The number of aliphatic carboxylic acids is 1. The van der Waals surface area contributed by atoms with Crippen molar-refractivity contribution in [2.24, 2.45) is 0 Å². The highest BCUT2D eigenvalue weighted by atomic mass is 79.9. The van der Waals surface area contributed by atoms with Crippen LogP contribution in [0.25, 0.3) is 0 Å². The van der Waals surface area contributed by atoms with E-state index in [4.69, 9.17) is 5.11 Å². The molecule has 0 unspecified atom stereocenters. The van der Waals surface area contributed by atoms with Crippen molar-refractivity contribution in [3.8, 4) is 0 Å². The smallest absolute Gasteiger partial charge is 0.326 e. The number of carbonyl (C=O) groups is 2. The number of carboxylic acids is 1. The lowest BCUT2D eigenvalue weighted by atomic mass is 10.2. The van der Waals surface area contributed by atoms with Gasteiger partial charge in [0.25, 0.3) is 0 Å². The van der Waals surface area contributed by atoms with E-state index >= 15 is 0 Å². The second-order valence-corrected chi connectivity index (χ2v) is 5.60. The van der Waals surface area contributed by atoms with E-state index in [0.717, 1.165) is 14.9 Å². The van der Waals surface area contributed by atoms with Gasteiger partial charge in [-0.2, -0.15) is 0 Å². The van der Waals surface area contributed by atoms with Crippen molar-refractivity contribution in [1.82, 2.24) is 10.2 Å². The van der Waals surface area contributed by atoms with Crippen LogP contribution in [0, 0.1) is 0 Å². The van der Waals surface area contributed by atoms with E-state index < -0.39 is 24.1 Å². The average molecular weight is 343 g/mol. The number of urea groups is 1. The maximum Gasteiger partial charge on any atom is 0.326 e. The summed E-state index contributed by atoms with van der Waals surface area (Å²) in [5.74, 6) is -1.10. The quantitative estimate of drug-likeness (QED) is 0.769. The van der Waals surface area contributed by atoms with Gasteiger partial charge in [-0.25, -0.2) is 9.59 Å². The third kappa shape index (κ3) is 3.49. The molecule has 0 aromatic heterocycles. The molecule has 2 amide bonds. The highest BCUT2D eigenvalue weighted by molar-refractivity contribution is 9.10. The van der Waals surface area contributed by atoms with E-state index in [0.29, 0.717) is 6.54 Å². The van der Waals surface area contributed by atoms with E-state index in [-0.39, 0.29) is 13.0 Å². The van der Waals surface area contributed by atoms with Crippen LogP contribution in [0.5, 0.6) is 0 Å². The van der Waals surface area contributed by atoms with Crippen LogP contribution in [0.3, 0.4) is 0 Å². The Balaban J connectivity index is 1.94. The Morgan fingerprint density at radius 1 is 1.35 bits per heavy atom. The van der Waals surface area contributed by atoms with Crippen molar-refractivity contribution in [2.75, 3.05) is 6.54 Å².